The summed E-state index contributed by atoms with van der Waals surface area (Å²) in [5.74, 6) is 0.307. The third-order valence-electron chi connectivity index (χ3n) is 2.67. The fourth-order valence-electron chi connectivity index (χ4n) is 0.995. The quantitative estimate of drug-likeness (QED) is 0.682. The third kappa shape index (κ3) is 6.20. The SMILES string of the molecule is CC(C)C(C)(O)C/C=C/CC(C)(C)C. The molecule has 0 aliphatic carbocycles. The summed E-state index contributed by atoms with van der Waals surface area (Å²) in [5, 5.41) is 9.97. The van der Waals surface area contributed by atoms with E-state index < -0.39 is 5.60 Å². The zero-order valence-electron chi connectivity index (χ0n) is 10.6. The first-order valence-electron chi connectivity index (χ1n) is 5.52. The van der Waals surface area contributed by atoms with Gasteiger partial charge in [-0.05, 0) is 31.1 Å². The Hall–Kier alpha value is -0.300. The van der Waals surface area contributed by atoms with E-state index in [1.165, 1.54) is 0 Å². The van der Waals surface area contributed by atoms with Gasteiger partial charge >= 0.3 is 0 Å². The van der Waals surface area contributed by atoms with E-state index in [4.69, 9.17) is 0 Å². The number of hydrogen-bond acceptors (Lipinski definition) is 1. The Morgan fingerprint density at radius 3 is 1.79 bits per heavy atom. The minimum atomic E-state index is -0.561. The van der Waals surface area contributed by atoms with Crippen molar-refractivity contribution in [1.82, 2.24) is 0 Å². The molecule has 0 aromatic carbocycles. The van der Waals surface area contributed by atoms with Crippen LogP contribution in [0.3, 0.4) is 0 Å². The summed E-state index contributed by atoms with van der Waals surface area (Å²) in [6, 6.07) is 0. The van der Waals surface area contributed by atoms with Gasteiger partial charge in [-0.25, -0.2) is 0 Å². The van der Waals surface area contributed by atoms with Crippen molar-refractivity contribution >= 4 is 0 Å². The molecule has 0 heterocycles. The minimum Gasteiger partial charge on any atom is -0.390 e. The van der Waals surface area contributed by atoms with Crippen molar-refractivity contribution < 1.29 is 5.11 Å². The van der Waals surface area contributed by atoms with Gasteiger partial charge < -0.3 is 5.11 Å². The van der Waals surface area contributed by atoms with Crippen molar-refractivity contribution in [2.75, 3.05) is 0 Å². The van der Waals surface area contributed by atoms with Gasteiger partial charge in [0.15, 0.2) is 0 Å². The predicted octanol–water partition coefficient (Wildman–Crippen LogP) is 3.78. The maximum Gasteiger partial charge on any atom is 0.0676 e. The van der Waals surface area contributed by atoms with Crippen LogP contribution in [0, 0.1) is 11.3 Å². The molecule has 1 heteroatoms. The molecule has 14 heavy (non-hydrogen) atoms. The van der Waals surface area contributed by atoms with Gasteiger partial charge in [-0.3, -0.25) is 0 Å². The second-order valence-electron chi connectivity index (χ2n) is 5.95. The Morgan fingerprint density at radius 2 is 1.43 bits per heavy atom. The van der Waals surface area contributed by atoms with Crippen molar-refractivity contribution in [1.29, 1.82) is 0 Å². The molecule has 0 saturated carbocycles. The zero-order valence-corrected chi connectivity index (χ0v) is 10.6. The molecule has 0 amide bonds. The molecular formula is C13H26O. The second-order valence-corrected chi connectivity index (χ2v) is 5.95. The first-order chi connectivity index (χ1) is 6.15. The fourth-order valence-corrected chi connectivity index (χ4v) is 0.995. The van der Waals surface area contributed by atoms with E-state index in [1.807, 2.05) is 6.92 Å². The molecule has 84 valence electrons. The summed E-state index contributed by atoms with van der Waals surface area (Å²) >= 11 is 0. The largest absolute Gasteiger partial charge is 0.390 e. The van der Waals surface area contributed by atoms with Crippen LogP contribution in [0.1, 0.15) is 54.4 Å². The van der Waals surface area contributed by atoms with E-state index in [0.29, 0.717) is 11.3 Å². The highest BCUT2D eigenvalue weighted by molar-refractivity contribution is 4.92. The van der Waals surface area contributed by atoms with E-state index in [1.54, 1.807) is 0 Å². The average Bonchev–Trinajstić information content (AvgIpc) is 1.96. The number of rotatable bonds is 4. The molecule has 0 aromatic heterocycles. The van der Waals surface area contributed by atoms with Crippen LogP contribution in [-0.2, 0) is 0 Å². The minimum absolute atomic E-state index is 0.307. The van der Waals surface area contributed by atoms with E-state index in [-0.39, 0.29) is 0 Å². The predicted molar refractivity (Wildman–Crippen MR) is 63.3 cm³/mol. The van der Waals surface area contributed by atoms with Crippen molar-refractivity contribution in [3.63, 3.8) is 0 Å². The lowest BCUT2D eigenvalue weighted by Crippen LogP contribution is -2.29. The van der Waals surface area contributed by atoms with Gasteiger partial charge in [0.25, 0.3) is 0 Å². The van der Waals surface area contributed by atoms with Crippen LogP contribution in [0.2, 0.25) is 0 Å². The molecular weight excluding hydrogens is 172 g/mol. The number of hydrogen-bond donors (Lipinski definition) is 1. The summed E-state index contributed by atoms with van der Waals surface area (Å²) in [5.41, 5.74) is -0.214. The lowest BCUT2D eigenvalue weighted by Gasteiger charge is -2.26. The van der Waals surface area contributed by atoms with Crippen LogP contribution in [0.15, 0.2) is 12.2 Å². The van der Waals surface area contributed by atoms with Crippen LogP contribution in [0.4, 0.5) is 0 Å². The standard InChI is InChI=1S/C13H26O/c1-11(2)13(6,14)10-8-7-9-12(3,4)5/h7-8,11,14H,9-10H2,1-6H3/b8-7+. The zero-order chi connectivity index (χ0) is 11.4. The lowest BCUT2D eigenvalue weighted by atomic mass is 9.88. The van der Waals surface area contributed by atoms with E-state index in [0.717, 1.165) is 12.8 Å². The van der Waals surface area contributed by atoms with Crippen molar-refractivity contribution in [2.45, 2.75) is 60.0 Å². The van der Waals surface area contributed by atoms with Crippen LogP contribution in [-0.4, -0.2) is 10.7 Å². The topological polar surface area (TPSA) is 20.2 Å². The van der Waals surface area contributed by atoms with E-state index in [2.05, 4.69) is 46.8 Å². The Kier molecular flexibility index (Phi) is 4.87. The van der Waals surface area contributed by atoms with Crippen molar-refractivity contribution in [3.8, 4) is 0 Å². The molecule has 0 rings (SSSR count). The summed E-state index contributed by atoms with van der Waals surface area (Å²) in [6.45, 7) is 12.7. The van der Waals surface area contributed by atoms with E-state index in [9.17, 15) is 5.11 Å². The summed E-state index contributed by atoms with van der Waals surface area (Å²) in [7, 11) is 0. The highest BCUT2D eigenvalue weighted by Crippen LogP contribution is 2.22. The molecule has 0 fully saturated rings. The van der Waals surface area contributed by atoms with Crippen LogP contribution >= 0.6 is 0 Å². The van der Waals surface area contributed by atoms with E-state index >= 15 is 0 Å². The second kappa shape index (κ2) is 4.97. The first-order valence-corrected chi connectivity index (χ1v) is 5.52. The van der Waals surface area contributed by atoms with Gasteiger partial charge in [0.05, 0.1) is 5.60 Å². The van der Waals surface area contributed by atoms with Gasteiger partial charge in [-0.15, -0.1) is 0 Å². The van der Waals surface area contributed by atoms with Crippen LogP contribution < -0.4 is 0 Å². The van der Waals surface area contributed by atoms with Crippen LogP contribution in [0.25, 0.3) is 0 Å². The molecule has 1 unspecified atom stereocenters. The van der Waals surface area contributed by atoms with Gasteiger partial charge in [-0.1, -0.05) is 46.8 Å². The highest BCUT2D eigenvalue weighted by Gasteiger charge is 2.22. The summed E-state index contributed by atoms with van der Waals surface area (Å²) in [6.07, 6.45) is 6.10. The Morgan fingerprint density at radius 1 is 1.00 bits per heavy atom. The summed E-state index contributed by atoms with van der Waals surface area (Å²) in [4.78, 5) is 0. The lowest BCUT2D eigenvalue weighted by molar-refractivity contribution is 0.0164. The number of aliphatic hydroxyl groups is 1. The van der Waals surface area contributed by atoms with Crippen molar-refractivity contribution in [2.24, 2.45) is 11.3 Å². The monoisotopic (exact) mass is 198 g/mol. The van der Waals surface area contributed by atoms with Gasteiger partial charge in [0.2, 0.25) is 0 Å². The first kappa shape index (κ1) is 13.7. The average molecular weight is 198 g/mol. The van der Waals surface area contributed by atoms with Crippen LogP contribution in [0.5, 0.6) is 0 Å². The van der Waals surface area contributed by atoms with Crippen molar-refractivity contribution in [3.05, 3.63) is 12.2 Å². The fraction of sp³-hybridized carbons (Fsp3) is 0.846. The maximum atomic E-state index is 9.97. The highest BCUT2D eigenvalue weighted by atomic mass is 16.3. The molecule has 0 bridgehead atoms. The molecule has 0 saturated heterocycles. The normalized spacial score (nSPS) is 17.7. The smallest absolute Gasteiger partial charge is 0.0676 e. The Balaban J connectivity index is 3.94. The Bertz CT molecular complexity index is 182. The Labute approximate surface area is 89.2 Å². The molecule has 0 aliphatic heterocycles. The molecule has 0 spiro atoms. The molecule has 0 radical (unpaired) electrons. The maximum absolute atomic E-state index is 9.97. The molecule has 0 aromatic rings. The number of allylic oxidation sites excluding steroid dienone is 1. The molecule has 1 atom stereocenters. The molecule has 0 aliphatic rings. The third-order valence-corrected chi connectivity index (χ3v) is 2.67. The van der Waals surface area contributed by atoms with Gasteiger partial charge in [0.1, 0.15) is 0 Å². The molecule has 1 nitrogen and oxygen atoms in total. The molecule has 1 N–H and O–H groups in total. The van der Waals surface area contributed by atoms with Gasteiger partial charge in [0, 0.05) is 0 Å². The summed E-state index contributed by atoms with van der Waals surface area (Å²) < 4.78 is 0. The van der Waals surface area contributed by atoms with Gasteiger partial charge in [-0.2, -0.15) is 0 Å².